The second-order valence-corrected chi connectivity index (χ2v) is 9.02. The SMILES string of the molecule is CCCOc1ccc([C@H]2C(C(=O)OCC)=C(C)N=C3CC(C)(C)CC(=O)C32)cc1OC. The number of carbonyl (C=O) groups excluding carboxylic acids is 2. The van der Waals surface area contributed by atoms with Gasteiger partial charge in [0.25, 0.3) is 0 Å². The molecule has 0 saturated heterocycles. The zero-order valence-corrected chi connectivity index (χ0v) is 19.4. The van der Waals surface area contributed by atoms with Gasteiger partial charge in [-0.15, -0.1) is 0 Å². The molecule has 2 aliphatic rings. The average molecular weight is 428 g/mol. The van der Waals surface area contributed by atoms with Gasteiger partial charge in [0.1, 0.15) is 5.78 Å². The lowest BCUT2D eigenvalue weighted by Crippen LogP contribution is -2.44. The zero-order chi connectivity index (χ0) is 22.8. The molecule has 168 valence electrons. The third-order valence-corrected chi connectivity index (χ3v) is 5.87. The van der Waals surface area contributed by atoms with Crippen molar-refractivity contribution in [2.24, 2.45) is 16.3 Å². The third-order valence-electron chi connectivity index (χ3n) is 5.87. The highest BCUT2D eigenvalue weighted by Crippen LogP contribution is 2.48. The lowest BCUT2D eigenvalue weighted by molar-refractivity contribution is -0.139. The topological polar surface area (TPSA) is 74.2 Å². The van der Waals surface area contributed by atoms with E-state index in [-0.39, 0.29) is 17.8 Å². The highest BCUT2D eigenvalue weighted by Gasteiger charge is 2.47. The van der Waals surface area contributed by atoms with E-state index in [9.17, 15) is 9.59 Å². The number of carbonyl (C=O) groups is 2. The van der Waals surface area contributed by atoms with Crippen LogP contribution < -0.4 is 9.47 Å². The van der Waals surface area contributed by atoms with Crippen LogP contribution in [0.5, 0.6) is 11.5 Å². The first-order valence-electron chi connectivity index (χ1n) is 11.0. The fraction of sp³-hybridized carbons (Fsp3) is 0.560. The van der Waals surface area contributed by atoms with Crippen molar-refractivity contribution in [1.82, 2.24) is 0 Å². The van der Waals surface area contributed by atoms with E-state index in [0.29, 0.717) is 35.8 Å². The minimum atomic E-state index is -0.469. The van der Waals surface area contributed by atoms with Crippen molar-refractivity contribution in [2.45, 2.75) is 59.8 Å². The van der Waals surface area contributed by atoms with E-state index in [1.165, 1.54) is 0 Å². The van der Waals surface area contributed by atoms with E-state index in [1.54, 1.807) is 14.0 Å². The number of Topliss-reactive ketones (excluding diaryl/α,β-unsaturated/α-hetero) is 1. The van der Waals surface area contributed by atoms with Gasteiger partial charge in [-0.25, -0.2) is 4.79 Å². The van der Waals surface area contributed by atoms with Crippen LogP contribution in [0.3, 0.4) is 0 Å². The van der Waals surface area contributed by atoms with Crippen LogP contribution in [0, 0.1) is 11.3 Å². The van der Waals surface area contributed by atoms with Gasteiger partial charge in [0.2, 0.25) is 0 Å². The van der Waals surface area contributed by atoms with Crippen LogP contribution in [0.1, 0.15) is 65.4 Å². The first-order chi connectivity index (χ1) is 14.7. The number of ether oxygens (including phenoxy) is 3. The van der Waals surface area contributed by atoms with Gasteiger partial charge in [-0.2, -0.15) is 0 Å². The summed E-state index contributed by atoms with van der Waals surface area (Å²) >= 11 is 0. The Morgan fingerprint density at radius 2 is 1.90 bits per heavy atom. The molecule has 1 saturated carbocycles. The molecule has 1 heterocycles. The Kier molecular flexibility index (Phi) is 6.87. The van der Waals surface area contributed by atoms with E-state index < -0.39 is 17.8 Å². The summed E-state index contributed by atoms with van der Waals surface area (Å²) in [5.41, 5.74) is 2.60. The molecule has 1 aromatic carbocycles. The average Bonchev–Trinajstić information content (AvgIpc) is 2.70. The molecule has 0 bridgehead atoms. The minimum Gasteiger partial charge on any atom is -0.493 e. The molecule has 1 aromatic rings. The molecule has 1 aliphatic carbocycles. The molecule has 3 rings (SSSR count). The van der Waals surface area contributed by atoms with Gasteiger partial charge in [-0.1, -0.05) is 26.8 Å². The van der Waals surface area contributed by atoms with Crippen molar-refractivity contribution in [3.05, 3.63) is 35.0 Å². The van der Waals surface area contributed by atoms with Gasteiger partial charge in [-0.05, 0) is 49.8 Å². The number of nitrogens with zero attached hydrogens (tertiary/aromatic N) is 1. The molecule has 1 unspecified atom stereocenters. The molecular formula is C25H33NO5. The highest BCUT2D eigenvalue weighted by molar-refractivity contribution is 6.12. The van der Waals surface area contributed by atoms with Crippen molar-refractivity contribution in [3.63, 3.8) is 0 Å². The van der Waals surface area contributed by atoms with Crippen molar-refractivity contribution in [1.29, 1.82) is 0 Å². The Hall–Kier alpha value is -2.63. The number of esters is 1. The van der Waals surface area contributed by atoms with Gasteiger partial charge < -0.3 is 14.2 Å². The normalized spacial score (nSPS) is 22.5. The van der Waals surface area contributed by atoms with E-state index in [2.05, 4.69) is 13.8 Å². The standard InChI is InChI=1S/C25H33NO5/c1-7-11-31-19-10-9-16(12-20(19)29-6)22-21(24(28)30-8-2)15(3)26-17-13-25(4,5)14-18(27)23(17)22/h9-10,12,22-23H,7-8,11,13-14H2,1-6H3/t22-,23?/m0/s1. The zero-order valence-electron chi connectivity index (χ0n) is 19.4. The minimum absolute atomic E-state index is 0.111. The molecule has 0 radical (unpaired) electrons. The number of methoxy groups -OCH3 is 1. The quantitative estimate of drug-likeness (QED) is 0.581. The Bertz CT molecular complexity index is 928. The molecule has 1 fully saturated rings. The Balaban J connectivity index is 2.13. The number of hydrogen-bond donors (Lipinski definition) is 0. The summed E-state index contributed by atoms with van der Waals surface area (Å²) < 4.78 is 16.7. The second kappa shape index (κ2) is 9.25. The lowest BCUT2D eigenvalue weighted by atomic mass is 9.63. The van der Waals surface area contributed by atoms with Crippen LogP contribution in [0.15, 0.2) is 34.5 Å². The lowest BCUT2D eigenvalue weighted by Gasteiger charge is -2.41. The van der Waals surface area contributed by atoms with Crippen molar-refractivity contribution in [2.75, 3.05) is 20.3 Å². The van der Waals surface area contributed by atoms with Crippen LogP contribution in [-0.2, 0) is 14.3 Å². The first kappa shape index (κ1) is 23.0. The molecule has 1 aliphatic heterocycles. The van der Waals surface area contributed by atoms with E-state index >= 15 is 0 Å². The number of ketones is 1. The second-order valence-electron chi connectivity index (χ2n) is 9.02. The molecule has 6 nitrogen and oxygen atoms in total. The van der Waals surface area contributed by atoms with E-state index in [1.807, 2.05) is 32.0 Å². The van der Waals surface area contributed by atoms with Crippen LogP contribution in [-0.4, -0.2) is 37.8 Å². The van der Waals surface area contributed by atoms with Gasteiger partial charge in [-0.3, -0.25) is 9.79 Å². The van der Waals surface area contributed by atoms with Crippen LogP contribution in [0.25, 0.3) is 0 Å². The maximum atomic E-state index is 13.3. The van der Waals surface area contributed by atoms with Crippen LogP contribution in [0.4, 0.5) is 0 Å². The molecule has 6 heteroatoms. The number of aliphatic imine (C=N–C) groups is 1. The summed E-state index contributed by atoms with van der Waals surface area (Å²) in [7, 11) is 1.59. The van der Waals surface area contributed by atoms with Crippen molar-refractivity contribution >= 4 is 17.5 Å². The number of rotatable bonds is 7. The van der Waals surface area contributed by atoms with Crippen molar-refractivity contribution < 1.29 is 23.8 Å². The van der Waals surface area contributed by atoms with Crippen LogP contribution >= 0.6 is 0 Å². The summed E-state index contributed by atoms with van der Waals surface area (Å²) in [6.45, 7) is 10.7. The monoisotopic (exact) mass is 427 g/mol. The number of benzene rings is 1. The molecular weight excluding hydrogens is 394 g/mol. The smallest absolute Gasteiger partial charge is 0.336 e. The van der Waals surface area contributed by atoms with Crippen LogP contribution in [0.2, 0.25) is 0 Å². The fourth-order valence-corrected chi connectivity index (χ4v) is 4.64. The van der Waals surface area contributed by atoms with Gasteiger partial charge in [0.05, 0.1) is 31.8 Å². The summed E-state index contributed by atoms with van der Waals surface area (Å²) in [5.74, 6) is -0.00504. The maximum absolute atomic E-state index is 13.3. The van der Waals surface area contributed by atoms with Gasteiger partial charge in [0.15, 0.2) is 11.5 Å². The highest BCUT2D eigenvalue weighted by atomic mass is 16.5. The number of allylic oxidation sites excluding steroid dienone is 1. The van der Waals surface area contributed by atoms with Gasteiger partial charge in [0, 0.05) is 23.7 Å². The predicted molar refractivity (Wildman–Crippen MR) is 120 cm³/mol. The molecule has 0 aromatic heterocycles. The molecule has 0 amide bonds. The number of hydrogen-bond acceptors (Lipinski definition) is 6. The summed E-state index contributed by atoms with van der Waals surface area (Å²) in [6.07, 6.45) is 2.06. The summed E-state index contributed by atoms with van der Waals surface area (Å²) in [4.78, 5) is 31.0. The summed E-state index contributed by atoms with van der Waals surface area (Å²) in [6, 6.07) is 5.64. The Morgan fingerprint density at radius 3 is 2.55 bits per heavy atom. The largest absolute Gasteiger partial charge is 0.493 e. The first-order valence-corrected chi connectivity index (χ1v) is 11.0. The Morgan fingerprint density at radius 1 is 1.16 bits per heavy atom. The molecule has 0 N–H and O–H groups in total. The van der Waals surface area contributed by atoms with Crippen molar-refractivity contribution in [3.8, 4) is 11.5 Å². The molecule has 0 spiro atoms. The summed E-state index contributed by atoms with van der Waals surface area (Å²) in [5, 5.41) is 0. The maximum Gasteiger partial charge on any atom is 0.336 e. The Labute approximate surface area is 184 Å². The predicted octanol–water partition coefficient (Wildman–Crippen LogP) is 4.86. The fourth-order valence-electron chi connectivity index (χ4n) is 4.64. The molecule has 2 atom stereocenters. The van der Waals surface area contributed by atoms with E-state index in [0.717, 1.165) is 24.1 Å². The third kappa shape index (κ3) is 4.68. The van der Waals surface area contributed by atoms with Gasteiger partial charge >= 0.3 is 5.97 Å². The molecule has 31 heavy (non-hydrogen) atoms. The number of fused-ring (bicyclic) bond motifs is 1. The van der Waals surface area contributed by atoms with E-state index in [4.69, 9.17) is 19.2 Å².